The maximum absolute atomic E-state index is 11.0. The van der Waals surface area contributed by atoms with Crippen LogP contribution in [0, 0.1) is 6.92 Å². The topological polar surface area (TPSA) is 34.9 Å². The van der Waals surface area contributed by atoms with Gasteiger partial charge in [-0.2, -0.15) is 5.10 Å². The van der Waals surface area contributed by atoms with Crippen molar-refractivity contribution < 1.29 is 4.79 Å². The minimum atomic E-state index is 0.394. The highest BCUT2D eigenvalue weighted by molar-refractivity contribution is 6.32. The summed E-state index contributed by atoms with van der Waals surface area (Å²) in [5.74, 6) is 0. The smallest absolute Gasteiger partial charge is 0.155 e. The third kappa shape index (κ3) is 2.10. The fourth-order valence-electron chi connectivity index (χ4n) is 2.40. The molecule has 0 aliphatic carbocycles. The lowest BCUT2D eigenvalue weighted by atomic mass is 10.0. The maximum Gasteiger partial charge on any atom is 0.155 e. The van der Waals surface area contributed by atoms with Crippen LogP contribution in [0.25, 0.3) is 10.8 Å². The number of aromatic nitrogens is 2. The van der Waals surface area contributed by atoms with E-state index in [2.05, 4.69) is 29.4 Å². The Hall–Kier alpha value is -2.13. The minimum absolute atomic E-state index is 0.394. The molecule has 0 amide bonds. The average Bonchev–Trinajstić information content (AvgIpc) is 2.73. The zero-order chi connectivity index (χ0) is 14.1. The Morgan fingerprint density at radius 3 is 2.70 bits per heavy atom. The molecule has 0 radical (unpaired) electrons. The third-order valence-electron chi connectivity index (χ3n) is 3.43. The van der Waals surface area contributed by atoms with E-state index in [1.54, 1.807) is 11.6 Å². The normalized spacial score (nSPS) is 10.9. The fourth-order valence-corrected chi connectivity index (χ4v) is 2.68. The van der Waals surface area contributed by atoms with Crippen molar-refractivity contribution in [2.24, 2.45) is 0 Å². The lowest BCUT2D eigenvalue weighted by Gasteiger charge is -2.07. The summed E-state index contributed by atoms with van der Waals surface area (Å²) in [5, 5.41) is 7.08. The van der Waals surface area contributed by atoms with E-state index < -0.39 is 0 Å². The van der Waals surface area contributed by atoms with Crippen LogP contribution in [0.4, 0.5) is 0 Å². The van der Waals surface area contributed by atoms with E-state index in [1.165, 1.54) is 10.8 Å². The molecule has 0 bridgehead atoms. The Balaban J connectivity index is 2.08. The predicted octanol–water partition coefficient (Wildman–Crippen LogP) is 3.86. The number of halogens is 1. The number of benzene rings is 2. The predicted molar refractivity (Wildman–Crippen MR) is 80.4 cm³/mol. The van der Waals surface area contributed by atoms with Crippen LogP contribution in [0.3, 0.4) is 0 Å². The van der Waals surface area contributed by atoms with E-state index in [1.807, 2.05) is 18.2 Å². The molecule has 3 rings (SSSR count). The summed E-state index contributed by atoms with van der Waals surface area (Å²) in [4.78, 5) is 11.0. The minimum Gasteiger partial charge on any atom is -0.298 e. The molecule has 0 fully saturated rings. The maximum atomic E-state index is 11.0. The average molecular weight is 285 g/mol. The first-order valence-corrected chi connectivity index (χ1v) is 6.73. The Bertz CT molecular complexity index is 787. The van der Waals surface area contributed by atoms with Gasteiger partial charge < -0.3 is 0 Å². The molecule has 0 atom stereocenters. The molecule has 0 unspecified atom stereocenters. The first kappa shape index (κ1) is 12.9. The molecule has 100 valence electrons. The van der Waals surface area contributed by atoms with Crippen molar-refractivity contribution in [3.05, 3.63) is 64.4 Å². The monoisotopic (exact) mass is 284 g/mol. The molecular weight excluding hydrogens is 272 g/mol. The van der Waals surface area contributed by atoms with E-state index in [4.69, 9.17) is 11.6 Å². The van der Waals surface area contributed by atoms with Crippen LogP contribution in [-0.2, 0) is 6.54 Å². The first-order chi connectivity index (χ1) is 9.70. The molecule has 3 aromatic rings. The zero-order valence-corrected chi connectivity index (χ0v) is 11.8. The van der Waals surface area contributed by atoms with Gasteiger partial charge in [0.25, 0.3) is 0 Å². The molecule has 1 heterocycles. The molecule has 20 heavy (non-hydrogen) atoms. The van der Waals surface area contributed by atoms with Crippen LogP contribution in [0.15, 0.2) is 42.5 Å². The van der Waals surface area contributed by atoms with Gasteiger partial charge in [-0.25, -0.2) is 4.68 Å². The van der Waals surface area contributed by atoms with Crippen LogP contribution in [0.2, 0.25) is 5.15 Å². The lowest BCUT2D eigenvalue weighted by molar-refractivity contribution is 0.112. The second kappa shape index (κ2) is 5.10. The van der Waals surface area contributed by atoms with Gasteiger partial charge in [0, 0.05) is 0 Å². The molecule has 0 N–H and O–H groups in total. The van der Waals surface area contributed by atoms with Crippen LogP contribution < -0.4 is 0 Å². The number of carbonyl (C=O) groups is 1. The number of nitrogens with zero attached hydrogens (tertiary/aromatic N) is 2. The van der Waals surface area contributed by atoms with Crippen molar-refractivity contribution in [2.75, 3.05) is 0 Å². The van der Waals surface area contributed by atoms with E-state index >= 15 is 0 Å². The van der Waals surface area contributed by atoms with Crippen molar-refractivity contribution in [2.45, 2.75) is 13.5 Å². The second-order valence-corrected chi connectivity index (χ2v) is 5.06. The molecule has 2 aromatic carbocycles. The summed E-state index contributed by atoms with van der Waals surface area (Å²) in [6, 6.07) is 14.3. The number of hydrogen-bond donors (Lipinski definition) is 0. The molecule has 0 aliphatic heterocycles. The number of aryl methyl sites for hydroxylation is 1. The van der Waals surface area contributed by atoms with Gasteiger partial charge in [-0.3, -0.25) is 4.79 Å². The highest BCUT2D eigenvalue weighted by Crippen LogP contribution is 2.23. The van der Waals surface area contributed by atoms with Crippen LogP contribution in [0.5, 0.6) is 0 Å². The molecule has 0 spiro atoms. The van der Waals surface area contributed by atoms with Gasteiger partial charge in [-0.15, -0.1) is 0 Å². The number of aldehydes is 1. The molecule has 0 saturated heterocycles. The van der Waals surface area contributed by atoms with Gasteiger partial charge in [0.05, 0.1) is 17.8 Å². The van der Waals surface area contributed by atoms with E-state index in [-0.39, 0.29) is 0 Å². The molecular formula is C16H13ClN2O. The summed E-state index contributed by atoms with van der Waals surface area (Å²) >= 11 is 6.20. The zero-order valence-electron chi connectivity index (χ0n) is 11.0. The van der Waals surface area contributed by atoms with Crippen molar-refractivity contribution in [3.8, 4) is 0 Å². The van der Waals surface area contributed by atoms with Gasteiger partial charge in [0.1, 0.15) is 5.15 Å². The summed E-state index contributed by atoms with van der Waals surface area (Å²) in [7, 11) is 0. The van der Waals surface area contributed by atoms with Gasteiger partial charge in [-0.1, -0.05) is 54.1 Å². The van der Waals surface area contributed by atoms with Crippen LogP contribution in [-0.4, -0.2) is 16.1 Å². The standard InChI is InChI=1S/C16H13ClN2O/c1-11-15(10-20)16(17)19(18-11)9-13-7-4-6-12-5-2-3-8-14(12)13/h2-8,10H,9H2,1H3. The highest BCUT2D eigenvalue weighted by Gasteiger charge is 2.13. The van der Waals surface area contributed by atoms with Gasteiger partial charge in [-0.05, 0) is 23.3 Å². The third-order valence-corrected chi connectivity index (χ3v) is 3.83. The van der Waals surface area contributed by atoms with Crippen molar-refractivity contribution in [1.29, 1.82) is 0 Å². The Kier molecular flexibility index (Phi) is 3.28. The molecule has 0 saturated carbocycles. The van der Waals surface area contributed by atoms with Gasteiger partial charge >= 0.3 is 0 Å². The Morgan fingerprint density at radius 2 is 1.95 bits per heavy atom. The SMILES string of the molecule is Cc1nn(Cc2cccc3ccccc23)c(Cl)c1C=O. The van der Waals surface area contributed by atoms with E-state index in [9.17, 15) is 4.79 Å². The molecule has 3 nitrogen and oxygen atoms in total. The van der Waals surface area contributed by atoms with Crippen LogP contribution >= 0.6 is 11.6 Å². The second-order valence-electron chi connectivity index (χ2n) is 4.70. The van der Waals surface area contributed by atoms with Crippen LogP contribution in [0.1, 0.15) is 21.6 Å². The lowest BCUT2D eigenvalue weighted by Crippen LogP contribution is -2.02. The molecule has 1 aromatic heterocycles. The van der Waals surface area contributed by atoms with Crippen molar-refractivity contribution in [1.82, 2.24) is 9.78 Å². The van der Waals surface area contributed by atoms with Crippen molar-refractivity contribution in [3.63, 3.8) is 0 Å². The highest BCUT2D eigenvalue weighted by atomic mass is 35.5. The largest absolute Gasteiger partial charge is 0.298 e. The summed E-state index contributed by atoms with van der Waals surface area (Å²) in [5.41, 5.74) is 2.25. The molecule has 4 heteroatoms. The number of carbonyl (C=O) groups excluding carboxylic acids is 1. The number of fused-ring (bicyclic) bond motifs is 1. The summed E-state index contributed by atoms with van der Waals surface area (Å²) < 4.78 is 1.67. The fraction of sp³-hybridized carbons (Fsp3) is 0.125. The quantitative estimate of drug-likeness (QED) is 0.685. The number of rotatable bonds is 3. The van der Waals surface area contributed by atoms with E-state index in [0.29, 0.717) is 23.0 Å². The Morgan fingerprint density at radius 1 is 1.20 bits per heavy atom. The van der Waals surface area contributed by atoms with E-state index in [0.717, 1.165) is 11.8 Å². The van der Waals surface area contributed by atoms with Gasteiger partial charge in [0.15, 0.2) is 6.29 Å². The first-order valence-electron chi connectivity index (χ1n) is 6.35. The Labute approximate surface area is 121 Å². The number of hydrogen-bond acceptors (Lipinski definition) is 2. The van der Waals surface area contributed by atoms with Crippen molar-refractivity contribution >= 4 is 28.7 Å². The van der Waals surface area contributed by atoms with Gasteiger partial charge in [0.2, 0.25) is 0 Å². The molecule has 0 aliphatic rings. The summed E-state index contributed by atoms with van der Waals surface area (Å²) in [6.07, 6.45) is 0.754. The summed E-state index contributed by atoms with van der Waals surface area (Å²) in [6.45, 7) is 2.34.